The van der Waals surface area contributed by atoms with Gasteiger partial charge in [0.05, 0.1) is 17.7 Å². The Kier molecular flexibility index (Phi) is 6.41. The molecule has 1 fully saturated rings. The summed E-state index contributed by atoms with van der Waals surface area (Å²) < 4.78 is 5.72. The number of nitrogens with zero attached hydrogens (tertiary/aromatic N) is 3. The van der Waals surface area contributed by atoms with E-state index >= 15 is 0 Å². The van der Waals surface area contributed by atoms with Crippen molar-refractivity contribution >= 4 is 17.3 Å². The highest BCUT2D eigenvalue weighted by Gasteiger charge is 2.17. The Bertz CT molecular complexity index is 462. The van der Waals surface area contributed by atoms with E-state index in [2.05, 4.69) is 39.5 Å². The summed E-state index contributed by atoms with van der Waals surface area (Å²) in [5, 5.41) is 7.80. The molecule has 0 radical (unpaired) electrons. The van der Waals surface area contributed by atoms with Crippen molar-refractivity contribution in [2.45, 2.75) is 19.4 Å². The fourth-order valence-corrected chi connectivity index (χ4v) is 3.01. The summed E-state index contributed by atoms with van der Waals surface area (Å²) in [5.41, 5.74) is 0. The van der Waals surface area contributed by atoms with Crippen molar-refractivity contribution in [1.29, 1.82) is 0 Å². The zero-order valence-electron chi connectivity index (χ0n) is 13.1. The molecule has 1 unspecified atom stereocenters. The fraction of sp³-hybridized carbons (Fsp3) is 0.714. The first-order valence-electron chi connectivity index (χ1n) is 7.33. The Morgan fingerprint density at radius 1 is 1.57 bits per heavy atom. The van der Waals surface area contributed by atoms with Crippen LogP contribution in [-0.2, 0) is 11.2 Å². The van der Waals surface area contributed by atoms with E-state index in [1.54, 1.807) is 18.4 Å². The predicted octanol–water partition coefficient (Wildman–Crippen LogP) is 0.490. The zero-order chi connectivity index (χ0) is 15.1. The SMILES string of the molecule is CN=C(NCCc1ncc(C)s1)NCC1CN(C)CCO1. The van der Waals surface area contributed by atoms with Gasteiger partial charge >= 0.3 is 0 Å². The summed E-state index contributed by atoms with van der Waals surface area (Å²) in [5.74, 6) is 0.820. The number of thiazole rings is 1. The summed E-state index contributed by atoms with van der Waals surface area (Å²) in [4.78, 5) is 12.1. The van der Waals surface area contributed by atoms with Gasteiger partial charge in [0.25, 0.3) is 0 Å². The summed E-state index contributed by atoms with van der Waals surface area (Å²) >= 11 is 1.75. The summed E-state index contributed by atoms with van der Waals surface area (Å²) in [6, 6.07) is 0. The van der Waals surface area contributed by atoms with Crippen LogP contribution in [0.15, 0.2) is 11.2 Å². The van der Waals surface area contributed by atoms with E-state index in [9.17, 15) is 0 Å². The number of rotatable bonds is 5. The highest BCUT2D eigenvalue weighted by Crippen LogP contribution is 2.10. The molecule has 0 saturated carbocycles. The number of aryl methyl sites for hydroxylation is 1. The maximum atomic E-state index is 5.72. The van der Waals surface area contributed by atoms with E-state index in [0.29, 0.717) is 0 Å². The van der Waals surface area contributed by atoms with Crippen molar-refractivity contribution in [3.63, 3.8) is 0 Å². The third-order valence-corrected chi connectivity index (χ3v) is 4.34. The number of hydrogen-bond donors (Lipinski definition) is 2. The lowest BCUT2D eigenvalue weighted by Crippen LogP contribution is -2.48. The Morgan fingerprint density at radius 2 is 2.43 bits per heavy atom. The molecular formula is C14H25N5OS. The molecule has 2 N–H and O–H groups in total. The number of nitrogens with one attached hydrogen (secondary N) is 2. The quantitative estimate of drug-likeness (QED) is 0.612. The molecule has 2 heterocycles. The summed E-state index contributed by atoms with van der Waals surface area (Å²) in [6.07, 6.45) is 3.06. The van der Waals surface area contributed by atoms with Gasteiger partial charge < -0.3 is 20.3 Å². The van der Waals surface area contributed by atoms with E-state index in [0.717, 1.165) is 50.2 Å². The maximum Gasteiger partial charge on any atom is 0.191 e. The standard InChI is InChI=1S/C14H25N5OS/c1-11-8-17-13(21-11)4-5-16-14(15-2)18-9-12-10-19(3)6-7-20-12/h8,12H,4-7,9-10H2,1-3H3,(H2,15,16,18). The van der Waals surface area contributed by atoms with E-state index in [-0.39, 0.29) is 6.10 Å². The number of guanidine groups is 1. The molecule has 1 saturated heterocycles. The number of aliphatic imine (C=N–C) groups is 1. The minimum absolute atomic E-state index is 0.226. The Labute approximate surface area is 130 Å². The molecule has 6 nitrogen and oxygen atoms in total. The van der Waals surface area contributed by atoms with Crippen molar-refractivity contribution in [3.8, 4) is 0 Å². The highest BCUT2D eigenvalue weighted by molar-refractivity contribution is 7.11. The van der Waals surface area contributed by atoms with Gasteiger partial charge in [-0.15, -0.1) is 11.3 Å². The molecule has 0 amide bonds. The monoisotopic (exact) mass is 311 g/mol. The number of hydrogen-bond acceptors (Lipinski definition) is 5. The second-order valence-electron chi connectivity index (χ2n) is 5.25. The number of likely N-dealkylation sites (N-methyl/N-ethyl adjacent to an activating group) is 1. The fourth-order valence-electron chi connectivity index (χ4n) is 2.23. The first kappa shape index (κ1) is 16.2. The van der Waals surface area contributed by atoms with Gasteiger partial charge in [-0.2, -0.15) is 0 Å². The molecule has 0 aromatic carbocycles. The van der Waals surface area contributed by atoms with Crippen LogP contribution in [0.2, 0.25) is 0 Å². The van der Waals surface area contributed by atoms with Gasteiger partial charge in [-0.3, -0.25) is 4.99 Å². The predicted molar refractivity (Wildman–Crippen MR) is 87.2 cm³/mol. The van der Waals surface area contributed by atoms with Crippen LogP contribution in [0.4, 0.5) is 0 Å². The lowest BCUT2D eigenvalue weighted by molar-refractivity contribution is -0.0161. The van der Waals surface area contributed by atoms with Gasteiger partial charge in [-0.25, -0.2) is 4.98 Å². The molecule has 0 spiro atoms. The molecule has 118 valence electrons. The van der Waals surface area contributed by atoms with Gasteiger partial charge in [0, 0.05) is 50.7 Å². The second kappa shape index (κ2) is 8.31. The molecule has 0 aliphatic carbocycles. The Morgan fingerprint density at radius 3 is 3.10 bits per heavy atom. The van der Waals surface area contributed by atoms with Gasteiger partial charge in [0.1, 0.15) is 0 Å². The average molecular weight is 311 g/mol. The first-order valence-corrected chi connectivity index (χ1v) is 8.15. The van der Waals surface area contributed by atoms with Crippen LogP contribution < -0.4 is 10.6 Å². The molecule has 7 heteroatoms. The van der Waals surface area contributed by atoms with Crippen LogP contribution in [0.1, 0.15) is 9.88 Å². The van der Waals surface area contributed by atoms with Crippen LogP contribution in [0.3, 0.4) is 0 Å². The molecule has 21 heavy (non-hydrogen) atoms. The maximum absolute atomic E-state index is 5.72. The molecule has 1 aliphatic heterocycles. The Balaban J connectivity index is 1.66. The van der Waals surface area contributed by atoms with Crippen molar-refractivity contribution in [1.82, 2.24) is 20.5 Å². The van der Waals surface area contributed by atoms with Crippen molar-refractivity contribution < 1.29 is 4.74 Å². The van der Waals surface area contributed by atoms with Crippen molar-refractivity contribution in [2.24, 2.45) is 4.99 Å². The minimum atomic E-state index is 0.226. The molecule has 0 bridgehead atoms. The van der Waals surface area contributed by atoms with Crippen molar-refractivity contribution in [3.05, 3.63) is 16.1 Å². The van der Waals surface area contributed by atoms with Gasteiger partial charge in [0.2, 0.25) is 0 Å². The number of ether oxygens (including phenoxy) is 1. The van der Waals surface area contributed by atoms with Gasteiger partial charge in [-0.1, -0.05) is 0 Å². The average Bonchev–Trinajstić information content (AvgIpc) is 2.88. The molecule has 1 atom stereocenters. The van der Waals surface area contributed by atoms with E-state index in [4.69, 9.17) is 4.74 Å². The van der Waals surface area contributed by atoms with Crippen LogP contribution in [0.5, 0.6) is 0 Å². The smallest absolute Gasteiger partial charge is 0.191 e. The lowest BCUT2D eigenvalue weighted by atomic mass is 10.3. The molecule has 2 rings (SSSR count). The third-order valence-electron chi connectivity index (χ3n) is 3.36. The van der Waals surface area contributed by atoms with Crippen LogP contribution in [0, 0.1) is 6.92 Å². The summed E-state index contributed by atoms with van der Waals surface area (Å²) in [6.45, 7) is 6.46. The van der Waals surface area contributed by atoms with Crippen LogP contribution >= 0.6 is 11.3 Å². The van der Waals surface area contributed by atoms with E-state index < -0.39 is 0 Å². The number of morpholine rings is 1. The minimum Gasteiger partial charge on any atom is -0.374 e. The molecule has 1 aliphatic rings. The number of aromatic nitrogens is 1. The normalized spacial score (nSPS) is 20.5. The summed E-state index contributed by atoms with van der Waals surface area (Å²) in [7, 11) is 3.91. The van der Waals surface area contributed by atoms with Crippen molar-refractivity contribution in [2.75, 3.05) is 46.9 Å². The first-order chi connectivity index (χ1) is 10.2. The van der Waals surface area contributed by atoms with E-state index in [1.807, 2.05) is 6.20 Å². The highest BCUT2D eigenvalue weighted by atomic mass is 32.1. The van der Waals surface area contributed by atoms with E-state index in [1.165, 1.54) is 4.88 Å². The second-order valence-corrected chi connectivity index (χ2v) is 6.57. The molecule has 1 aromatic heterocycles. The topological polar surface area (TPSA) is 61.8 Å². The third kappa shape index (κ3) is 5.61. The van der Waals surface area contributed by atoms with Crippen LogP contribution in [0.25, 0.3) is 0 Å². The van der Waals surface area contributed by atoms with Crippen LogP contribution in [-0.4, -0.2) is 68.8 Å². The van der Waals surface area contributed by atoms with Gasteiger partial charge in [-0.05, 0) is 14.0 Å². The lowest BCUT2D eigenvalue weighted by Gasteiger charge is -2.30. The largest absolute Gasteiger partial charge is 0.374 e. The molecular weight excluding hydrogens is 286 g/mol. The molecule has 1 aromatic rings. The Hall–Kier alpha value is -1.18. The van der Waals surface area contributed by atoms with Gasteiger partial charge in [0.15, 0.2) is 5.96 Å². The zero-order valence-corrected chi connectivity index (χ0v) is 13.9.